The first-order chi connectivity index (χ1) is 13.0. The Balaban J connectivity index is 5.73. The van der Waals surface area contributed by atoms with Crippen LogP contribution in [0, 0.1) is 30.1 Å². The highest BCUT2D eigenvalue weighted by molar-refractivity contribution is 5.94. The molecule has 0 aliphatic heterocycles. The van der Waals surface area contributed by atoms with E-state index in [1.54, 1.807) is 18.7 Å². The molecule has 0 aromatic rings. The van der Waals surface area contributed by atoms with E-state index < -0.39 is 11.0 Å². The SMILES string of the molecule is C#CCNCC(C)(C)C(=O)N(CCC)C(C)(C)C(=O)N(CC#C)CC(=O)NC. The van der Waals surface area contributed by atoms with E-state index in [1.807, 2.05) is 20.8 Å². The summed E-state index contributed by atoms with van der Waals surface area (Å²) >= 11 is 0. The Labute approximate surface area is 169 Å². The van der Waals surface area contributed by atoms with Gasteiger partial charge in [-0.2, -0.15) is 0 Å². The molecular weight excluding hydrogens is 356 g/mol. The van der Waals surface area contributed by atoms with Crippen LogP contribution in [0.1, 0.15) is 41.0 Å². The van der Waals surface area contributed by atoms with Gasteiger partial charge in [0, 0.05) is 20.1 Å². The molecule has 3 amide bonds. The van der Waals surface area contributed by atoms with Crippen molar-refractivity contribution >= 4 is 17.7 Å². The van der Waals surface area contributed by atoms with Crippen molar-refractivity contribution in [1.82, 2.24) is 20.4 Å². The van der Waals surface area contributed by atoms with Crippen LogP contribution in [0.3, 0.4) is 0 Å². The molecule has 0 spiro atoms. The molecule has 2 N–H and O–H groups in total. The summed E-state index contributed by atoms with van der Waals surface area (Å²) in [6.07, 6.45) is 11.3. The predicted octanol–water partition coefficient (Wildman–Crippen LogP) is 0.460. The predicted molar refractivity (Wildman–Crippen MR) is 111 cm³/mol. The number of carbonyl (C=O) groups is 3. The van der Waals surface area contributed by atoms with Crippen LogP contribution >= 0.6 is 0 Å². The number of carbonyl (C=O) groups excluding carboxylic acids is 3. The highest BCUT2D eigenvalue weighted by atomic mass is 16.2. The van der Waals surface area contributed by atoms with Crippen LogP contribution in [-0.2, 0) is 14.4 Å². The molecule has 7 nitrogen and oxygen atoms in total. The normalized spacial score (nSPS) is 11.1. The second kappa shape index (κ2) is 11.4. The summed E-state index contributed by atoms with van der Waals surface area (Å²) in [5.74, 6) is 4.02. The number of nitrogens with one attached hydrogen (secondary N) is 2. The third kappa shape index (κ3) is 6.90. The molecule has 0 rings (SSSR count). The van der Waals surface area contributed by atoms with Gasteiger partial charge in [0.1, 0.15) is 12.1 Å². The highest BCUT2D eigenvalue weighted by Gasteiger charge is 2.44. The van der Waals surface area contributed by atoms with Crippen LogP contribution in [0.25, 0.3) is 0 Å². The zero-order valence-corrected chi connectivity index (χ0v) is 18.0. The summed E-state index contributed by atoms with van der Waals surface area (Å²) in [6, 6.07) is 0. The van der Waals surface area contributed by atoms with Crippen LogP contribution in [0.2, 0.25) is 0 Å². The van der Waals surface area contributed by atoms with Gasteiger partial charge in [0.2, 0.25) is 17.7 Å². The standard InChI is InChI=1S/C21H34N4O3/c1-9-12-23-16-20(4,5)18(27)25(14-11-3)21(6,7)19(28)24(13-10-2)15-17(26)22-8/h1-2,23H,11-16H2,3-8H3,(H,22,26). The van der Waals surface area contributed by atoms with Gasteiger partial charge in [-0.05, 0) is 34.1 Å². The second-order valence-corrected chi connectivity index (χ2v) is 7.75. The maximum atomic E-state index is 13.3. The lowest BCUT2D eigenvalue weighted by atomic mass is 9.88. The molecular formula is C21H34N4O3. The lowest BCUT2D eigenvalue weighted by Gasteiger charge is -2.43. The molecule has 0 aromatic carbocycles. The average molecular weight is 391 g/mol. The van der Waals surface area contributed by atoms with E-state index in [4.69, 9.17) is 12.8 Å². The summed E-state index contributed by atoms with van der Waals surface area (Å²) in [5.41, 5.74) is -1.93. The van der Waals surface area contributed by atoms with Gasteiger partial charge in [0.25, 0.3) is 0 Å². The highest BCUT2D eigenvalue weighted by Crippen LogP contribution is 2.26. The van der Waals surface area contributed by atoms with Crippen molar-refractivity contribution in [1.29, 1.82) is 0 Å². The van der Waals surface area contributed by atoms with Crippen LogP contribution in [0.5, 0.6) is 0 Å². The number of terminal acetylenes is 2. The minimum Gasteiger partial charge on any atom is -0.358 e. The maximum absolute atomic E-state index is 13.3. The van der Waals surface area contributed by atoms with E-state index >= 15 is 0 Å². The first-order valence-electron chi connectivity index (χ1n) is 9.39. The third-order valence-corrected chi connectivity index (χ3v) is 4.45. The average Bonchev–Trinajstić information content (AvgIpc) is 2.64. The zero-order valence-electron chi connectivity index (χ0n) is 18.0. The molecule has 0 aromatic heterocycles. The van der Waals surface area contributed by atoms with Crippen molar-refractivity contribution in [3.05, 3.63) is 0 Å². The van der Waals surface area contributed by atoms with E-state index in [0.717, 1.165) is 0 Å². The van der Waals surface area contributed by atoms with Gasteiger partial charge in [0.05, 0.1) is 18.5 Å². The molecule has 0 radical (unpaired) electrons. The molecule has 0 aliphatic rings. The van der Waals surface area contributed by atoms with Crippen molar-refractivity contribution in [3.8, 4) is 24.7 Å². The Morgan fingerprint density at radius 2 is 1.64 bits per heavy atom. The van der Waals surface area contributed by atoms with Crippen molar-refractivity contribution < 1.29 is 14.4 Å². The molecule has 0 heterocycles. The number of likely N-dealkylation sites (N-methyl/N-ethyl adjacent to an activating group) is 1. The Bertz CT molecular complexity index is 641. The minimum atomic E-state index is -1.17. The van der Waals surface area contributed by atoms with Crippen molar-refractivity contribution in [2.24, 2.45) is 5.41 Å². The Morgan fingerprint density at radius 3 is 2.11 bits per heavy atom. The molecule has 0 atom stereocenters. The Kier molecular flexibility index (Phi) is 10.3. The van der Waals surface area contributed by atoms with E-state index in [1.165, 1.54) is 11.9 Å². The summed E-state index contributed by atoms with van der Waals surface area (Å²) in [7, 11) is 1.49. The fourth-order valence-corrected chi connectivity index (χ4v) is 2.81. The summed E-state index contributed by atoms with van der Waals surface area (Å²) in [5, 5.41) is 5.54. The van der Waals surface area contributed by atoms with Crippen molar-refractivity contribution in [3.63, 3.8) is 0 Å². The van der Waals surface area contributed by atoms with Crippen molar-refractivity contribution in [2.75, 3.05) is 39.8 Å². The van der Waals surface area contributed by atoms with E-state index in [9.17, 15) is 14.4 Å². The minimum absolute atomic E-state index is 0.0169. The molecule has 0 saturated carbocycles. The van der Waals surface area contributed by atoms with Gasteiger partial charge in [-0.15, -0.1) is 12.8 Å². The molecule has 0 saturated heterocycles. The van der Waals surface area contributed by atoms with Gasteiger partial charge >= 0.3 is 0 Å². The van der Waals surface area contributed by atoms with E-state index in [0.29, 0.717) is 26.1 Å². The number of rotatable bonds is 11. The Morgan fingerprint density at radius 1 is 1.04 bits per heavy atom. The number of nitrogens with zero attached hydrogens (tertiary/aromatic N) is 2. The van der Waals surface area contributed by atoms with Crippen LogP contribution in [-0.4, -0.2) is 72.8 Å². The zero-order chi connectivity index (χ0) is 22.0. The molecule has 0 bridgehead atoms. The van der Waals surface area contributed by atoms with Crippen LogP contribution in [0.15, 0.2) is 0 Å². The molecule has 0 aliphatic carbocycles. The summed E-state index contributed by atoms with van der Waals surface area (Å²) in [4.78, 5) is 41.2. The molecule has 0 fully saturated rings. The van der Waals surface area contributed by atoms with Gasteiger partial charge in [-0.25, -0.2) is 0 Å². The first kappa shape index (κ1) is 25.5. The topological polar surface area (TPSA) is 81.8 Å². The number of hydrogen-bond donors (Lipinski definition) is 2. The largest absolute Gasteiger partial charge is 0.358 e. The quantitative estimate of drug-likeness (QED) is 0.397. The number of amides is 3. The third-order valence-electron chi connectivity index (χ3n) is 4.45. The van der Waals surface area contributed by atoms with Gasteiger partial charge in [-0.1, -0.05) is 18.8 Å². The second-order valence-electron chi connectivity index (χ2n) is 7.75. The molecule has 7 heteroatoms. The molecule has 156 valence electrons. The Hall–Kier alpha value is -2.51. The van der Waals surface area contributed by atoms with Gasteiger partial charge in [-0.3, -0.25) is 14.4 Å². The van der Waals surface area contributed by atoms with E-state index in [-0.39, 0.29) is 30.8 Å². The lowest BCUT2D eigenvalue weighted by molar-refractivity contribution is -0.157. The van der Waals surface area contributed by atoms with Crippen molar-refractivity contribution in [2.45, 2.75) is 46.6 Å². The van der Waals surface area contributed by atoms with Gasteiger partial charge < -0.3 is 20.4 Å². The van der Waals surface area contributed by atoms with Gasteiger partial charge in [0.15, 0.2) is 0 Å². The lowest BCUT2D eigenvalue weighted by Crippen LogP contribution is -2.62. The molecule has 28 heavy (non-hydrogen) atoms. The summed E-state index contributed by atoms with van der Waals surface area (Å²) < 4.78 is 0. The fourth-order valence-electron chi connectivity index (χ4n) is 2.81. The van der Waals surface area contributed by atoms with Crippen LogP contribution < -0.4 is 10.6 Å². The number of hydrogen-bond acceptors (Lipinski definition) is 4. The van der Waals surface area contributed by atoms with Crippen LogP contribution in [0.4, 0.5) is 0 Å². The first-order valence-corrected chi connectivity index (χ1v) is 9.39. The van der Waals surface area contributed by atoms with E-state index in [2.05, 4.69) is 22.5 Å². The smallest absolute Gasteiger partial charge is 0.249 e. The monoisotopic (exact) mass is 390 g/mol. The molecule has 0 unspecified atom stereocenters. The maximum Gasteiger partial charge on any atom is 0.249 e. The fraction of sp³-hybridized carbons (Fsp3) is 0.667. The summed E-state index contributed by atoms with van der Waals surface area (Å²) in [6.45, 7) is 9.89.